The van der Waals surface area contributed by atoms with Crippen LogP contribution in [0, 0.1) is 0 Å². The largest absolute Gasteiger partial charge is 0.489 e. The number of hydrogen-bond donors (Lipinski definition) is 0. The van der Waals surface area contributed by atoms with Gasteiger partial charge >= 0.3 is 5.97 Å². The highest BCUT2D eigenvalue weighted by atomic mass is 32.2. The summed E-state index contributed by atoms with van der Waals surface area (Å²) < 4.78 is 17.0. The molecule has 9 heteroatoms. The lowest BCUT2D eigenvalue weighted by Gasteiger charge is -2.37. The maximum absolute atomic E-state index is 13.2. The number of esters is 1. The summed E-state index contributed by atoms with van der Waals surface area (Å²) in [5.41, 5.74) is 3.80. The minimum absolute atomic E-state index is 0.0315. The van der Waals surface area contributed by atoms with Gasteiger partial charge in [-0.1, -0.05) is 54.2 Å². The molecule has 0 saturated carbocycles. The maximum atomic E-state index is 13.2. The number of benzene rings is 2. The fourth-order valence-corrected chi connectivity index (χ4v) is 5.71. The highest BCUT2D eigenvalue weighted by Gasteiger charge is 2.41. The molecule has 0 spiro atoms. The van der Waals surface area contributed by atoms with Gasteiger partial charge in [-0.2, -0.15) is 0 Å². The lowest BCUT2D eigenvalue weighted by molar-refractivity contribution is -0.139. The van der Waals surface area contributed by atoms with Crippen LogP contribution in [0.15, 0.2) is 82.0 Å². The van der Waals surface area contributed by atoms with E-state index in [0.29, 0.717) is 49.9 Å². The summed E-state index contributed by atoms with van der Waals surface area (Å²) in [6.45, 7) is 6.56. The van der Waals surface area contributed by atoms with E-state index in [-0.39, 0.29) is 18.9 Å². The number of hydrogen-bond acceptors (Lipinski definition) is 8. The van der Waals surface area contributed by atoms with Crippen molar-refractivity contribution in [1.29, 1.82) is 0 Å². The van der Waals surface area contributed by atoms with Gasteiger partial charge in [0.25, 0.3) is 0 Å². The topological polar surface area (TPSA) is 80.7 Å². The number of carbonyl (C=O) groups excluding carboxylic acids is 2. The van der Waals surface area contributed by atoms with Gasteiger partial charge in [0.05, 0.1) is 43.6 Å². The minimum atomic E-state index is -0.499. The maximum Gasteiger partial charge on any atom is 0.338 e. The molecule has 3 aliphatic heterocycles. The molecule has 0 radical (unpaired) electrons. The number of allylic oxidation sites excluding steroid dienone is 1. The molecule has 8 nitrogen and oxygen atoms in total. The summed E-state index contributed by atoms with van der Waals surface area (Å²) in [7, 11) is 0. The number of fused-ring (bicyclic) bond motifs is 1. The van der Waals surface area contributed by atoms with Crippen LogP contribution in [0.5, 0.6) is 5.75 Å². The lowest BCUT2D eigenvalue weighted by Crippen LogP contribution is -2.42. The molecule has 38 heavy (non-hydrogen) atoms. The van der Waals surface area contributed by atoms with Crippen LogP contribution in [0.3, 0.4) is 0 Å². The molecule has 1 amide bonds. The number of carbonyl (C=O) groups is 2. The van der Waals surface area contributed by atoms with Crippen molar-refractivity contribution in [2.24, 2.45) is 4.99 Å². The molecule has 0 aromatic heterocycles. The Morgan fingerprint density at radius 3 is 2.66 bits per heavy atom. The molecule has 2 aromatic rings. The highest BCUT2D eigenvalue weighted by molar-refractivity contribution is 8.16. The van der Waals surface area contributed by atoms with Gasteiger partial charge in [0, 0.05) is 18.8 Å². The summed E-state index contributed by atoms with van der Waals surface area (Å²) in [6, 6.07) is 17.2. The standard InChI is InChI=1S/C29H31N3O5S/c1-3-36-28(34)26-20(2)30-29-32(23(19-38-29)17-25(33)31-12-14-35-15-13-31)27(26)22-10-7-11-24(16-22)37-18-21-8-5-4-6-9-21/h4-11,16,19,27H,3,12-15,17-18H2,1-2H3. The molecule has 198 valence electrons. The zero-order chi connectivity index (χ0) is 26.5. The van der Waals surface area contributed by atoms with E-state index in [2.05, 4.69) is 0 Å². The first-order valence-corrected chi connectivity index (χ1v) is 13.7. The number of amidine groups is 1. The molecule has 0 bridgehead atoms. The smallest absolute Gasteiger partial charge is 0.338 e. The summed E-state index contributed by atoms with van der Waals surface area (Å²) in [5, 5.41) is 2.70. The van der Waals surface area contributed by atoms with E-state index in [1.807, 2.05) is 76.7 Å². The van der Waals surface area contributed by atoms with Gasteiger partial charge in [0.2, 0.25) is 5.91 Å². The second kappa shape index (κ2) is 11.9. The van der Waals surface area contributed by atoms with Gasteiger partial charge in [0.1, 0.15) is 12.4 Å². The van der Waals surface area contributed by atoms with E-state index in [4.69, 9.17) is 19.2 Å². The fourth-order valence-electron chi connectivity index (χ4n) is 4.75. The van der Waals surface area contributed by atoms with E-state index in [1.165, 1.54) is 11.8 Å². The Labute approximate surface area is 226 Å². The third-order valence-electron chi connectivity index (χ3n) is 6.61. The Morgan fingerprint density at radius 1 is 1.11 bits per heavy atom. The fraction of sp³-hybridized carbons (Fsp3) is 0.345. The quantitative estimate of drug-likeness (QED) is 0.457. The summed E-state index contributed by atoms with van der Waals surface area (Å²) in [6.07, 6.45) is 0.210. The lowest BCUT2D eigenvalue weighted by atomic mass is 9.93. The van der Waals surface area contributed by atoms with Gasteiger partial charge in [-0.15, -0.1) is 0 Å². The molecule has 3 aliphatic rings. The van der Waals surface area contributed by atoms with Crippen LogP contribution in [-0.2, 0) is 25.7 Å². The minimum Gasteiger partial charge on any atom is -0.489 e. The molecule has 1 saturated heterocycles. The van der Waals surface area contributed by atoms with Crippen molar-refractivity contribution in [3.63, 3.8) is 0 Å². The van der Waals surface area contributed by atoms with Gasteiger partial charge in [-0.25, -0.2) is 9.79 Å². The number of thioether (sulfide) groups is 1. The summed E-state index contributed by atoms with van der Waals surface area (Å²) >= 11 is 1.46. The highest BCUT2D eigenvalue weighted by Crippen LogP contribution is 2.45. The molecule has 5 rings (SSSR count). The van der Waals surface area contributed by atoms with Crippen molar-refractivity contribution in [3.8, 4) is 5.75 Å². The predicted octanol–water partition coefficient (Wildman–Crippen LogP) is 4.65. The van der Waals surface area contributed by atoms with E-state index in [0.717, 1.165) is 22.0 Å². The molecule has 1 atom stereocenters. The Bertz CT molecular complexity index is 1280. The zero-order valence-corrected chi connectivity index (χ0v) is 22.4. The number of aliphatic imine (C=N–C) groups is 1. The number of rotatable bonds is 8. The number of amides is 1. The third kappa shape index (κ3) is 5.63. The molecule has 0 aliphatic carbocycles. The summed E-state index contributed by atoms with van der Waals surface area (Å²) in [5.74, 6) is 0.311. The van der Waals surface area contributed by atoms with Crippen LogP contribution < -0.4 is 4.74 Å². The Balaban J connectivity index is 1.46. The Hall–Kier alpha value is -3.56. The predicted molar refractivity (Wildman–Crippen MR) is 146 cm³/mol. The Kier molecular flexibility index (Phi) is 8.14. The first kappa shape index (κ1) is 26.1. The monoisotopic (exact) mass is 533 g/mol. The van der Waals surface area contributed by atoms with Gasteiger partial charge in [-0.05, 0) is 42.5 Å². The van der Waals surface area contributed by atoms with E-state index in [9.17, 15) is 9.59 Å². The molecule has 1 fully saturated rings. The molecular formula is C29H31N3O5S. The van der Waals surface area contributed by atoms with Crippen LogP contribution >= 0.6 is 11.8 Å². The number of nitrogens with zero attached hydrogens (tertiary/aromatic N) is 3. The van der Waals surface area contributed by atoms with Gasteiger partial charge < -0.3 is 24.0 Å². The first-order valence-electron chi connectivity index (χ1n) is 12.8. The van der Waals surface area contributed by atoms with Crippen molar-refractivity contribution in [1.82, 2.24) is 9.80 Å². The van der Waals surface area contributed by atoms with Gasteiger partial charge in [-0.3, -0.25) is 4.79 Å². The number of morpholine rings is 1. The zero-order valence-electron chi connectivity index (χ0n) is 21.6. The third-order valence-corrected chi connectivity index (χ3v) is 7.50. The first-order chi connectivity index (χ1) is 18.5. The van der Waals surface area contributed by atoms with Crippen molar-refractivity contribution >= 4 is 28.8 Å². The van der Waals surface area contributed by atoms with Crippen molar-refractivity contribution in [2.45, 2.75) is 32.9 Å². The second-order valence-electron chi connectivity index (χ2n) is 9.13. The van der Waals surface area contributed by atoms with Crippen molar-refractivity contribution in [2.75, 3.05) is 32.9 Å². The molecule has 0 N–H and O–H groups in total. The average Bonchev–Trinajstić information content (AvgIpc) is 3.34. The van der Waals surface area contributed by atoms with Crippen molar-refractivity contribution < 1.29 is 23.8 Å². The normalized spacial score (nSPS) is 19.1. The van der Waals surface area contributed by atoms with Crippen LogP contribution in [0.1, 0.15) is 37.4 Å². The SMILES string of the molecule is CCOC(=O)C1=C(C)N=C2SC=C(CC(=O)N3CCOCC3)N2C1c1cccc(OCc2ccccc2)c1. The van der Waals surface area contributed by atoms with E-state index >= 15 is 0 Å². The molecule has 3 heterocycles. The Morgan fingerprint density at radius 2 is 1.89 bits per heavy atom. The average molecular weight is 534 g/mol. The van der Waals surface area contributed by atoms with E-state index in [1.54, 1.807) is 6.92 Å². The van der Waals surface area contributed by atoms with Crippen LogP contribution in [0.25, 0.3) is 0 Å². The summed E-state index contributed by atoms with van der Waals surface area (Å²) in [4.78, 5) is 34.9. The molecule has 1 unspecified atom stereocenters. The molecule has 2 aromatic carbocycles. The van der Waals surface area contributed by atoms with Crippen LogP contribution in [-0.4, -0.2) is 59.8 Å². The van der Waals surface area contributed by atoms with Crippen molar-refractivity contribution in [3.05, 3.63) is 88.1 Å². The molecular weight excluding hydrogens is 502 g/mol. The number of ether oxygens (including phenoxy) is 3. The van der Waals surface area contributed by atoms with Gasteiger partial charge in [0.15, 0.2) is 5.17 Å². The van der Waals surface area contributed by atoms with Crippen LogP contribution in [0.4, 0.5) is 0 Å². The second-order valence-corrected chi connectivity index (χ2v) is 9.97. The van der Waals surface area contributed by atoms with Crippen LogP contribution in [0.2, 0.25) is 0 Å². The van der Waals surface area contributed by atoms with E-state index < -0.39 is 12.0 Å².